The van der Waals surface area contributed by atoms with Gasteiger partial charge in [-0.05, 0) is 52.8 Å². The summed E-state index contributed by atoms with van der Waals surface area (Å²) in [6.07, 6.45) is 1.69. The Morgan fingerprint density at radius 1 is 1.32 bits per heavy atom. The highest BCUT2D eigenvalue weighted by atomic mass is 79.9. The maximum atomic E-state index is 13.1. The lowest BCUT2D eigenvalue weighted by molar-refractivity contribution is 0.304. The van der Waals surface area contributed by atoms with Gasteiger partial charge in [-0.3, -0.25) is 4.98 Å². The Kier molecular flexibility index (Phi) is 4.87. The minimum Gasteiger partial charge on any atom is -0.487 e. The second-order valence-electron chi connectivity index (χ2n) is 4.05. The van der Waals surface area contributed by atoms with Gasteiger partial charge in [0.2, 0.25) is 0 Å². The summed E-state index contributed by atoms with van der Waals surface area (Å²) in [4.78, 5) is 4.26. The zero-order valence-corrected chi connectivity index (χ0v) is 12.1. The van der Waals surface area contributed by atoms with E-state index in [4.69, 9.17) is 4.74 Å². The van der Waals surface area contributed by atoms with Gasteiger partial charge in [0.25, 0.3) is 0 Å². The maximum absolute atomic E-state index is 13.1. The lowest BCUT2D eigenvalue weighted by atomic mass is 10.2. The fraction of sp³-hybridized carbons (Fsp3) is 0.214. The van der Waals surface area contributed by atoms with Crippen LogP contribution in [-0.4, -0.2) is 12.0 Å². The summed E-state index contributed by atoms with van der Waals surface area (Å²) in [6, 6.07) is 8.60. The molecule has 2 rings (SSSR count). The van der Waals surface area contributed by atoms with E-state index in [1.165, 1.54) is 6.07 Å². The van der Waals surface area contributed by atoms with Crippen LogP contribution in [0.5, 0.6) is 5.75 Å². The van der Waals surface area contributed by atoms with Crippen LogP contribution in [-0.2, 0) is 13.2 Å². The molecule has 1 N–H and O–H groups in total. The first-order valence-corrected chi connectivity index (χ1v) is 6.64. The van der Waals surface area contributed by atoms with Crippen LogP contribution in [0.25, 0.3) is 0 Å². The Morgan fingerprint density at radius 2 is 2.16 bits per heavy atom. The van der Waals surface area contributed by atoms with E-state index in [0.717, 1.165) is 17.8 Å². The second-order valence-corrected chi connectivity index (χ2v) is 4.91. The van der Waals surface area contributed by atoms with Gasteiger partial charge < -0.3 is 10.1 Å². The van der Waals surface area contributed by atoms with Crippen molar-refractivity contribution in [2.75, 3.05) is 7.05 Å². The van der Waals surface area contributed by atoms with Crippen molar-refractivity contribution >= 4 is 15.9 Å². The number of nitrogens with one attached hydrogen (secondary N) is 1. The second kappa shape index (κ2) is 6.63. The molecular formula is C14H14BrFN2O. The van der Waals surface area contributed by atoms with E-state index in [1.807, 2.05) is 19.2 Å². The molecule has 0 fully saturated rings. The normalized spacial score (nSPS) is 10.5. The van der Waals surface area contributed by atoms with E-state index in [-0.39, 0.29) is 5.82 Å². The first kappa shape index (κ1) is 14.0. The Balaban J connectivity index is 1.96. The summed E-state index contributed by atoms with van der Waals surface area (Å²) in [5.41, 5.74) is 1.85. The van der Waals surface area contributed by atoms with Gasteiger partial charge in [0.15, 0.2) is 0 Å². The van der Waals surface area contributed by atoms with Crippen LogP contribution in [0.15, 0.2) is 41.0 Å². The molecule has 100 valence electrons. The summed E-state index contributed by atoms with van der Waals surface area (Å²) < 4.78 is 19.1. The Bertz CT molecular complexity index is 546. The molecule has 0 radical (unpaired) electrons. The number of ether oxygens (including phenoxy) is 1. The number of pyridine rings is 1. The predicted octanol–water partition coefficient (Wildman–Crippen LogP) is 3.28. The molecule has 1 aromatic heterocycles. The van der Waals surface area contributed by atoms with Crippen molar-refractivity contribution in [1.82, 2.24) is 10.3 Å². The lowest BCUT2D eigenvalue weighted by Gasteiger charge is -2.07. The number of halogens is 2. The monoisotopic (exact) mass is 324 g/mol. The van der Waals surface area contributed by atoms with Crippen molar-refractivity contribution in [1.29, 1.82) is 0 Å². The minimum atomic E-state index is -0.276. The first-order valence-electron chi connectivity index (χ1n) is 5.85. The molecule has 0 aliphatic rings. The standard InChI is InChI=1S/C14H14BrFN2O/c1-17-7-11-3-4-12(8-18-11)19-9-10-2-5-14(16)13(15)6-10/h2-6,8,17H,7,9H2,1H3. The summed E-state index contributed by atoms with van der Waals surface area (Å²) in [5, 5.41) is 3.03. The van der Waals surface area contributed by atoms with Crippen LogP contribution in [0.4, 0.5) is 4.39 Å². The van der Waals surface area contributed by atoms with Crippen molar-refractivity contribution in [2.24, 2.45) is 0 Å². The molecule has 0 atom stereocenters. The average molecular weight is 325 g/mol. The van der Waals surface area contributed by atoms with Gasteiger partial charge in [-0.15, -0.1) is 0 Å². The third-order valence-corrected chi connectivity index (χ3v) is 3.15. The van der Waals surface area contributed by atoms with E-state index in [0.29, 0.717) is 16.8 Å². The van der Waals surface area contributed by atoms with Crippen molar-refractivity contribution in [3.63, 3.8) is 0 Å². The molecule has 0 spiro atoms. The molecule has 2 aromatic rings. The zero-order valence-electron chi connectivity index (χ0n) is 10.5. The zero-order chi connectivity index (χ0) is 13.7. The highest BCUT2D eigenvalue weighted by molar-refractivity contribution is 9.10. The number of rotatable bonds is 5. The molecule has 1 heterocycles. The third kappa shape index (κ3) is 4.01. The molecule has 0 saturated heterocycles. The number of benzene rings is 1. The quantitative estimate of drug-likeness (QED) is 0.916. The molecule has 0 bridgehead atoms. The molecule has 3 nitrogen and oxygen atoms in total. The first-order chi connectivity index (χ1) is 9.19. The number of hydrogen-bond donors (Lipinski definition) is 1. The predicted molar refractivity (Wildman–Crippen MR) is 75.4 cm³/mol. The molecule has 0 aliphatic heterocycles. The molecule has 0 amide bonds. The topological polar surface area (TPSA) is 34.1 Å². The number of hydrogen-bond acceptors (Lipinski definition) is 3. The van der Waals surface area contributed by atoms with Gasteiger partial charge in [0, 0.05) is 6.54 Å². The van der Waals surface area contributed by atoms with Gasteiger partial charge >= 0.3 is 0 Å². The van der Waals surface area contributed by atoms with Crippen molar-refractivity contribution in [2.45, 2.75) is 13.2 Å². The van der Waals surface area contributed by atoms with Gasteiger partial charge in [0.05, 0.1) is 16.4 Å². The lowest BCUT2D eigenvalue weighted by Crippen LogP contribution is -2.06. The third-order valence-electron chi connectivity index (χ3n) is 2.55. The maximum Gasteiger partial charge on any atom is 0.138 e. The Hall–Kier alpha value is -1.46. The van der Waals surface area contributed by atoms with Crippen LogP contribution in [0.1, 0.15) is 11.3 Å². The SMILES string of the molecule is CNCc1ccc(OCc2ccc(F)c(Br)c2)cn1. The molecule has 0 aliphatic carbocycles. The van der Waals surface area contributed by atoms with Crippen LogP contribution in [0.2, 0.25) is 0 Å². The molecule has 1 aromatic carbocycles. The Labute approximate surface area is 119 Å². The fourth-order valence-corrected chi connectivity index (χ4v) is 2.00. The summed E-state index contributed by atoms with van der Waals surface area (Å²) in [6.45, 7) is 1.11. The van der Waals surface area contributed by atoms with Gasteiger partial charge in [-0.25, -0.2) is 4.39 Å². The smallest absolute Gasteiger partial charge is 0.138 e. The minimum absolute atomic E-state index is 0.276. The number of nitrogens with zero attached hydrogens (tertiary/aromatic N) is 1. The highest BCUT2D eigenvalue weighted by Gasteiger charge is 2.02. The summed E-state index contributed by atoms with van der Waals surface area (Å²) in [5.74, 6) is 0.419. The van der Waals surface area contributed by atoms with Crippen LogP contribution >= 0.6 is 15.9 Å². The van der Waals surface area contributed by atoms with Gasteiger partial charge in [0.1, 0.15) is 18.2 Å². The molecular weight excluding hydrogens is 311 g/mol. The van der Waals surface area contributed by atoms with E-state index in [1.54, 1.807) is 18.3 Å². The van der Waals surface area contributed by atoms with Crippen molar-refractivity contribution < 1.29 is 9.13 Å². The highest BCUT2D eigenvalue weighted by Crippen LogP contribution is 2.18. The van der Waals surface area contributed by atoms with Crippen LogP contribution in [0, 0.1) is 5.82 Å². The van der Waals surface area contributed by atoms with Crippen LogP contribution in [0.3, 0.4) is 0 Å². The van der Waals surface area contributed by atoms with E-state index in [2.05, 4.69) is 26.2 Å². The van der Waals surface area contributed by atoms with E-state index < -0.39 is 0 Å². The van der Waals surface area contributed by atoms with E-state index >= 15 is 0 Å². The Morgan fingerprint density at radius 3 is 2.79 bits per heavy atom. The largest absolute Gasteiger partial charge is 0.487 e. The van der Waals surface area contributed by atoms with Gasteiger partial charge in [-0.2, -0.15) is 0 Å². The fourth-order valence-electron chi connectivity index (χ4n) is 1.58. The molecule has 19 heavy (non-hydrogen) atoms. The van der Waals surface area contributed by atoms with Crippen LogP contribution < -0.4 is 10.1 Å². The van der Waals surface area contributed by atoms with Gasteiger partial charge in [-0.1, -0.05) is 6.07 Å². The molecule has 0 saturated carbocycles. The van der Waals surface area contributed by atoms with Crippen molar-refractivity contribution in [3.8, 4) is 5.75 Å². The summed E-state index contributed by atoms with van der Waals surface area (Å²) in [7, 11) is 1.87. The average Bonchev–Trinajstić information content (AvgIpc) is 2.42. The summed E-state index contributed by atoms with van der Waals surface area (Å²) >= 11 is 3.15. The molecule has 5 heteroatoms. The van der Waals surface area contributed by atoms with Crippen molar-refractivity contribution in [3.05, 3.63) is 58.1 Å². The van der Waals surface area contributed by atoms with E-state index in [9.17, 15) is 4.39 Å². The molecule has 0 unspecified atom stereocenters. The number of aromatic nitrogens is 1.